The number of pyridine rings is 1. The third-order valence-electron chi connectivity index (χ3n) is 7.21. The van der Waals surface area contributed by atoms with Crippen molar-refractivity contribution >= 4 is 17.5 Å². The number of aromatic nitrogens is 5. The lowest BCUT2D eigenvalue weighted by atomic mass is 9.89. The largest absolute Gasteiger partial charge is 0.382 e. The SMILES string of the molecule is CCn1nccc1C(=O)N[C@H](C(=O)Nc1cn([C@@H](COC)c2cc(F)c[nH]c2=O)nc1F)[C@H]1CCCCC(=C(F)F)C1. The summed E-state index contributed by atoms with van der Waals surface area (Å²) in [5.74, 6) is -4.07. The third-order valence-corrected chi connectivity index (χ3v) is 7.21. The Balaban J connectivity index is 1.65. The number of allylic oxidation sites excluding steroid dienone is 1. The number of H-pyrrole nitrogens is 1. The minimum atomic E-state index is -1.82. The van der Waals surface area contributed by atoms with Crippen LogP contribution in [0.15, 0.2) is 47.2 Å². The quantitative estimate of drug-likeness (QED) is 0.242. The van der Waals surface area contributed by atoms with E-state index in [1.165, 1.54) is 24.1 Å². The average molecular weight is 594 g/mol. The minimum absolute atomic E-state index is 0.0927. The lowest BCUT2D eigenvalue weighted by molar-refractivity contribution is -0.119. The molecule has 42 heavy (non-hydrogen) atoms. The first-order valence-corrected chi connectivity index (χ1v) is 13.4. The van der Waals surface area contributed by atoms with Crippen LogP contribution in [0.1, 0.15) is 61.1 Å². The van der Waals surface area contributed by atoms with Crippen molar-refractivity contribution in [3.63, 3.8) is 0 Å². The summed E-state index contributed by atoms with van der Waals surface area (Å²) in [6.45, 7) is 1.96. The second kappa shape index (κ2) is 13.6. The molecule has 11 nitrogen and oxygen atoms in total. The van der Waals surface area contributed by atoms with Gasteiger partial charge in [-0.2, -0.15) is 18.3 Å². The summed E-state index contributed by atoms with van der Waals surface area (Å²) in [5, 5.41) is 12.9. The molecule has 3 atom stereocenters. The van der Waals surface area contributed by atoms with Gasteiger partial charge in [0.05, 0.1) is 12.8 Å². The number of carbonyl (C=O) groups excluding carboxylic acids is 2. The molecular weight excluding hydrogens is 562 g/mol. The molecule has 0 saturated heterocycles. The Bertz CT molecular complexity index is 1510. The molecular formula is C27H31F4N7O4. The summed E-state index contributed by atoms with van der Waals surface area (Å²) < 4.78 is 63.7. The van der Waals surface area contributed by atoms with Gasteiger partial charge in [-0.25, -0.2) is 4.39 Å². The van der Waals surface area contributed by atoms with E-state index in [-0.39, 0.29) is 36.3 Å². The molecule has 3 aromatic rings. The van der Waals surface area contributed by atoms with Crippen molar-refractivity contribution in [2.45, 2.75) is 57.7 Å². The number of hydrogen-bond donors (Lipinski definition) is 3. The molecule has 0 bridgehead atoms. The Kier molecular flexibility index (Phi) is 9.93. The average Bonchev–Trinajstić information content (AvgIpc) is 3.50. The highest BCUT2D eigenvalue weighted by molar-refractivity contribution is 6.00. The van der Waals surface area contributed by atoms with Crippen molar-refractivity contribution in [2.24, 2.45) is 5.92 Å². The number of anilines is 1. The molecule has 3 aromatic heterocycles. The monoisotopic (exact) mass is 593 g/mol. The number of nitrogens with zero attached hydrogens (tertiary/aromatic N) is 4. The smallest absolute Gasteiger partial charge is 0.270 e. The predicted molar refractivity (Wildman–Crippen MR) is 143 cm³/mol. The van der Waals surface area contributed by atoms with E-state index in [4.69, 9.17) is 4.74 Å². The molecule has 1 aliphatic rings. The molecule has 1 aliphatic carbocycles. The number of aryl methyl sites for hydroxylation is 1. The maximum absolute atomic E-state index is 15.0. The highest BCUT2D eigenvalue weighted by Crippen LogP contribution is 2.33. The number of aromatic amines is 1. The van der Waals surface area contributed by atoms with Crippen molar-refractivity contribution in [1.82, 2.24) is 29.9 Å². The van der Waals surface area contributed by atoms with Gasteiger partial charge in [-0.3, -0.25) is 23.7 Å². The highest BCUT2D eigenvalue weighted by Gasteiger charge is 2.34. The van der Waals surface area contributed by atoms with Crippen LogP contribution in [0.5, 0.6) is 0 Å². The van der Waals surface area contributed by atoms with E-state index in [0.29, 0.717) is 25.8 Å². The van der Waals surface area contributed by atoms with E-state index in [2.05, 4.69) is 25.8 Å². The van der Waals surface area contributed by atoms with Crippen LogP contribution in [0.25, 0.3) is 0 Å². The summed E-state index contributed by atoms with van der Waals surface area (Å²) in [4.78, 5) is 41.4. The number of methoxy groups -OCH3 is 1. The van der Waals surface area contributed by atoms with Crippen LogP contribution in [0.2, 0.25) is 0 Å². The normalized spacial score (nSPS) is 16.9. The van der Waals surface area contributed by atoms with Gasteiger partial charge >= 0.3 is 0 Å². The molecule has 0 aromatic carbocycles. The lowest BCUT2D eigenvalue weighted by Crippen LogP contribution is -2.49. The Morgan fingerprint density at radius 1 is 1.26 bits per heavy atom. The van der Waals surface area contributed by atoms with Gasteiger partial charge in [0.25, 0.3) is 23.5 Å². The van der Waals surface area contributed by atoms with E-state index in [1.807, 2.05) is 0 Å². The molecule has 0 unspecified atom stereocenters. The van der Waals surface area contributed by atoms with E-state index >= 15 is 4.39 Å². The van der Waals surface area contributed by atoms with Gasteiger partial charge in [-0.1, -0.05) is 6.42 Å². The van der Waals surface area contributed by atoms with Gasteiger partial charge in [-0.05, 0) is 56.2 Å². The molecule has 0 aliphatic heterocycles. The molecule has 1 saturated carbocycles. The van der Waals surface area contributed by atoms with Gasteiger partial charge in [0.2, 0.25) is 5.91 Å². The second-order valence-corrected chi connectivity index (χ2v) is 9.93. The van der Waals surface area contributed by atoms with Crippen molar-refractivity contribution in [1.29, 1.82) is 0 Å². The number of halogens is 4. The zero-order chi connectivity index (χ0) is 30.4. The van der Waals surface area contributed by atoms with Crippen molar-refractivity contribution in [3.05, 3.63) is 75.8 Å². The van der Waals surface area contributed by atoms with E-state index < -0.39 is 58.9 Å². The fraction of sp³-hybridized carbons (Fsp3) is 0.444. The molecule has 2 amide bonds. The minimum Gasteiger partial charge on any atom is -0.382 e. The molecule has 0 spiro atoms. The van der Waals surface area contributed by atoms with Crippen LogP contribution >= 0.6 is 0 Å². The zero-order valence-electron chi connectivity index (χ0n) is 23.0. The predicted octanol–water partition coefficient (Wildman–Crippen LogP) is 3.77. The molecule has 3 heterocycles. The van der Waals surface area contributed by atoms with E-state index in [0.717, 1.165) is 23.1 Å². The van der Waals surface area contributed by atoms with Gasteiger partial charge in [0, 0.05) is 31.6 Å². The van der Waals surface area contributed by atoms with Crippen LogP contribution in [0.3, 0.4) is 0 Å². The summed E-state index contributed by atoms with van der Waals surface area (Å²) in [5.41, 5.74) is -1.07. The fourth-order valence-electron chi connectivity index (χ4n) is 5.12. The Morgan fingerprint density at radius 2 is 2.05 bits per heavy atom. The van der Waals surface area contributed by atoms with Crippen molar-refractivity contribution < 1.29 is 31.9 Å². The fourth-order valence-corrected chi connectivity index (χ4v) is 5.12. The van der Waals surface area contributed by atoms with E-state index in [1.54, 1.807) is 6.92 Å². The van der Waals surface area contributed by atoms with Crippen LogP contribution in [-0.4, -0.2) is 56.1 Å². The highest BCUT2D eigenvalue weighted by atomic mass is 19.3. The van der Waals surface area contributed by atoms with Gasteiger partial charge in [0.1, 0.15) is 29.3 Å². The van der Waals surface area contributed by atoms with Crippen LogP contribution in [0, 0.1) is 17.7 Å². The first kappa shape index (κ1) is 30.7. The number of amides is 2. The topological polar surface area (TPSA) is 136 Å². The number of ether oxygens (including phenoxy) is 1. The number of rotatable bonds is 10. The summed E-state index contributed by atoms with van der Waals surface area (Å²) >= 11 is 0. The number of hydrogen-bond acceptors (Lipinski definition) is 6. The molecule has 3 N–H and O–H groups in total. The van der Waals surface area contributed by atoms with Crippen LogP contribution in [0.4, 0.5) is 23.2 Å². The Labute approximate surface area is 237 Å². The molecule has 15 heteroatoms. The van der Waals surface area contributed by atoms with Crippen molar-refractivity contribution in [3.8, 4) is 0 Å². The van der Waals surface area contributed by atoms with Crippen LogP contribution in [-0.2, 0) is 16.1 Å². The molecule has 1 fully saturated rings. The first-order valence-electron chi connectivity index (χ1n) is 13.4. The third kappa shape index (κ3) is 6.95. The van der Waals surface area contributed by atoms with Crippen LogP contribution < -0.4 is 16.2 Å². The summed E-state index contributed by atoms with van der Waals surface area (Å²) in [7, 11) is 1.33. The Hall–Kier alpha value is -4.27. The second-order valence-electron chi connectivity index (χ2n) is 9.93. The van der Waals surface area contributed by atoms with Gasteiger partial charge in [0.15, 0.2) is 0 Å². The molecule has 0 radical (unpaired) electrons. The Morgan fingerprint density at radius 3 is 2.76 bits per heavy atom. The molecule has 4 rings (SSSR count). The number of nitrogens with one attached hydrogen (secondary N) is 3. The standard InChI is InChI=1S/C27H31F4N7O4/c1-3-37-20(8-9-33-37)26(40)35-22(15-6-4-5-7-16(10-15)23(29)30)27(41)34-19-13-38(36-24(19)31)21(14-42-2)18-11-17(28)12-32-25(18)39/h8-9,11-13,15,21-22H,3-7,10,14H2,1-2H3,(H,32,39)(H,34,41)(H,35,40)/t15-,21-,22-/m0/s1. The summed E-state index contributed by atoms with van der Waals surface area (Å²) in [6, 6.07) is 0.0604. The maximum Gasteiger partial charge on any atom is 0.270 e. The van der Waals surface area contributed by atoms with E-state index in [9.17, 15) is 27.6 Å². The lowest BCUT2D eigenvalue weighted by Gasteiger charge is -2.26. The van der Waals surface area contributed by atoms with Gasteiger partial charge in [-0.15, -0.1) is 5.10 Å². The van der Waals surface area contributed by atoms with Crippen molar-refractivity contribution in [2.75, 3.05) is 19.0 Å². The number of carbonyl (C=O) groups is 2. The maximum atomic E-state index is 15.0. The summed E-state index contributed by atoms with van der Waals surface area (Å²) in [6.07, 6.45) is 3.02. The molecule has 226 valence electrons. The zero-order valence-corrected chi connectivity index (χ0v) is 23.0. The van der Waals surface area contributed by atoms with Gasteiger partial charge < -0.3 is 20.4 Å². The first-order chi connectivity index (χ1) is 20.1.